The third kappa shape index (κ3) is 6.73. The third-order valence-corrected chi connectivity index (χ3v) is 4.50. The molecule has 1 aliphatic rings. The van der Waals surface area contributed by atoms with Crippen LogP contribution in [0.1, 0.15) is 52.9 Å². The molecular weight excluding hydrogens is 234 g/mol. The van der Waals surface area contributed by atoms with Crippen molar-refractivity contribution in [1.82, 2.24) is 9.80 Å². The van der Waals surface area contributed by atoms with Gasteiger partial charge in [0.25, 0.3) is 0 Å². The number of hydrogen-bond donors (Lipinski definition) is 1. The molecule has 1 heterocycles. The van der Waals surface area contributed by atoms with Gasteiger partial charge in [0.05, 0.1) is 0 Å². The molecule has 3 heteroatoms. The van der Waals surface area contributed by atoms with E-state index in [-0.39, 0.29) is 0 Å². The zero-order valence-electron chi connectivity index (χ0n) is 13.4. The topological polar surface area (TPSA) is 32.5 Å². The van der Waals surface area contributed by atoms with Gasteiger partial charge >= 0.3 is 0 Å². The molecule has 0 amide bonds. The largest absolute Gasteiger partial charge is 0.330 e. The highest BCUT2D eigenvalue weighted by molar-refractivity contribution is 4.74. The lowest BCUT2D eigenvalue weighted by atomic mass is 9.94. The molecule has 1 aliphatic heterocycles. The van der Waals surface area contributed by atoms with Gasteiger partial charge in [-0.2, -0.15) is 0 Å². The van der Waals surface area contributed by atoms with Crippen molar-refractivity contribution in [3.8, 4) is 0 Å². The fraction of sp³-hybridized carbons (Fsp3) is 1.00. The molecule has 0 aromatic carbocycles. The second-order valence-electron chi connectivity index (χ2n) is 6.35. The first-order chi connectivity index (χ1) is 9.17. The maximum Gasteiger partial charge on any atom is 0.0113 e. The standard InChI is InChI=1S/C16H35N3/c1-4-6-16(8-9-17)7-5-10-18-11-13-19(14-12-18)15(2)3/h15-16H,4-14,17H2,1-3H3. The molecule has 114 valence electrons. The highest BCUT2D eigenvalue weighted by Gasteiger charge is 2.18. The Morgan fingerprint density at radius 3 is 2.21 bits per heavy atom. The summed E-state index contributed by atoms with van der Waals surface area (Å²) in [6, 6.07) is 0.709. The summed E-state index contributed by atoms with van der Waals surface area (Å²) in [6.45, 7) is 14.1. The summed E-state index contributed by atoms with van der Waals surface area (Å²) in [5.74, 6) is 0.868. The SMILES string of the molecule is CCCC(CCN)CCCN1CCN(C(C)C)CC1. The maximum atomic E-state index is 5.70. The fourth-order valence-electron chi connectivity index (χ4n) is 3.18. The van der Waals surface area contributed by atoms with Crippen LogP contribution in [0.5, 0.6) is 0 Å². The quantitative estimate of drug-likeness (QED) is 0.698. The second kappa shape index (κ2) is 9.73. The van der Waals surface area contributed by atoms with Crippen LogP contribution >= 0.6 is 0 Å². The van der Waals surface area contributed by atoms with Crippen LogP contribution in [0, 0.1) is 5.92 Å². The molecule has 19 heavy (non-hydrogen) atoms. The summed E-state index contributed by atoms with van der Waals surface area (Å²) < 4.78 is 0. The van der Waals surface area contributed by atoms with E-state index < -0.39 is 0 Å². The van der Waals surface area contributed by atoms with Crippen molar-refractivity contribution in [2.75, 3.05) is 39.3 Å². The van der Waals surface area contributed by atoms with Gasteiger partial charge in [0.15, 0.2) is 0 Å². The number of rotatable bonds is 9. The Bertz CT molecular complexity index is 204. The Kier molecular flexibility index (Phi) is 8.67. The minimum absolute atomic E-state index is 0.709. The Morgan fingerprint density at radius 1 is 1.00 bits per heavy atom. The van der Waals surface area contributed by atoms with Crippen LogP contribution in [0.25, 0.3) is 0 Å². The minimum Gasteiger partial charge on any atom is -0.330 e. The smallest absolute Gasteiger partial charge is 0.0113 e. The molecule has 1 atom stereocenters. The van der Waals surface area contributed by atoms with Crippen LogP contribution < -0.4 is 5.73 Å². The van der Waals surface area contributed by atoms with Crippen LogP contribution in [-0.2, 0) is 0 Å². The van der Waals surface area contributed by atoms with Crippen molar-refractivity contribution in [2.45, 2.75) is 58.9 Å². The molecule has 1 rings (SSSR count). The number of piperazine rings is 1. The van der Waals surface area contributed by atoms with Crippen molar-refractivity contribution in [1.29, 1.82) is 0 Å². The molecule has 0 bridgehead atoms. The monoisotopic (exact) mass is 269 g/mol. The molecular formula is C16H35N3. The highest BCUT2D eigenvalue weighted by Crippen LogP contribution is 2.17. The maximum absolute atomic E-state index is 5.70. The molecule has 0 aliphatic carbocycles. The summed E-state index contributed by atoms with van der Waals surface area (Å²) in [4.78, 5) is 5.23. The van der Waals surface area contributed by atoms with Gasteiger partial charge in [-0.3, -0.25) is 4.90 Å². The van der Waals surface area contributed by atoms with Gasteiger partial charge in [-0.1, -0.05) is 19.8 Å². The Labute approximate surface area is 120 Å². The summed E-state index contributed by atoms with van der Waals surface area (Å²) in [5, 5.41) is 0. The third-order valence-electron chi connectivity index (χ3n) is 4.50. The van der Waals surface area contributed by atoms with Crippen molar-refractivity contribution >= 4 is 0 Å². The highest BCUT2D eigenvalue weighted by atomic mass is 15.3. The predicted octanol–water partition coefficient (Wildman–Crippen LogP) is 2.56. The fourth-order valence-corrected chi connectivity index (χ4v) is 3.18. The normalized spacial score (nSPS) is 20.1. The molecule has 0 aromatic rings. The van der Waals surface area contributed by atoms with E-state index in [4.69, 9.17) is 5.73 Å². The van der Waals surface area contributed by atoms with E-state index in [1.807, 2.05) is 0 Å². The molecule has 0 saturated carbocycles. The van der Waals surface area contributed by atoms with Gasteiger partial charge in [0, 0.05) is 32.2 Å². The molecule has 3 nitrogen and oxygen atoms in total. The average molecular weight is 269 g/mol. The molecule has 0 spiro atoms. The first-order valence-corrected chi connectivity index (χ1v) is 8.33. The van der Waals surface area contributed by atoms with E-state index in [1.54, 1.807) is 0 Å². The van der Waals surface area contributed by atoms with Crippen molar-refractivity contribution in [3.63, 3.8) is 0 Å². The van der Waals surface area contributed by atoms with E-state index in [2.05, 4.69) is 30.6 Å². The molecule has 0 radical (unpaired) electrons. The van der Waals surface area contributed by atoms with Crippen LogP contribution in [0.4, 0.5) is 0 Å². The summed E-state index contributed by atoms with van der Waals surface area (Å²) in [6.07, 6.45) is 6.60. The lowest BCUT2D eigenvalue weighted by Crippen LogP contribution is -2.48. The minimum atomic E-state index is 0.709. The molecule has 2 N–H and O–H groups in total. The van der Waals surface area contributed by atoms with Gasteiger partial charge < -0.3 is 10.6 Å². The second-order valence-corrected chi connectivity index (χ2v) is 6.35. The Balaban J connectivity index is 2.12. The van der Waals surface area contributed by atoms with Crippen LogP contribution in [-0.4, -0.2) is 55.1 Å². The first-order valence-electron chi connectivity index (χ1n) is 8.33. The molecule has 0 aromatic heterocycles. The van der Waals surface area contributed by atoms with Gasteiger partial charge in [-0.05, 0) is 52.1 Å². The van der Waals surface area contributed by atoms with Crippen molar-refractivity contribution in [2.24, 2.45) is 11.7 Å². The van der Waals surface area contributed by atoms with Gasteiger partial charge in [-0.15, -0.1) is 0 Å². The van der Waals surface area contributed by atoms with E-state index in [0.29, 0.717) is 6.04 Å². The predicted molar refractivity (Wildman–Crippen MR) is 84.5 cm³/mol. The zero-order chi connectivity index (χ0) is 14.1. The first kappa shape index (κ1) is 16.9. The molecule has 1 fully saturated rings. The van der Waals surface area contributed by atoms with E-state index in [9.17, 15) is 0 Å². The summed E-state index contributed by atoms with van der Waals surface area (Å²) in [7, 11) is 0. The lowest BCUT2D eigenvalue weighted by molar-refractivity contribution is 0.106. The number of nitrogens with zero attached hydrogens (tertiary/aromatic N) is 2. The summed E-state index contributed by atoms with van der Waals surface area (Å²) >= 11 is 0. The molecule has 1 saturated heterocycles. The van der Waals surface area contributed by atoms with E-state index in [0.717, 1.165) is 12.5 Å². The zero-order valence-corrected chi connectivity index (χ0v) is 13.4. The Hall–Kier alpha value is -0.120. The van der Waals surface area contributed by atoms with E-state index in [1.165, 1.54) is 64.8 Å². The van der Waals surface area contributed by atoms with Gasteiger partial charge in [0.1, 0.15) is 0 Å². The van der Waals surface area contributed by atoms with Gasteiger partial charge in [-0.25, -0.2) is 0 Å². The number of nitrogens with two attached hydrogens (primary N) is 1. The molecule has 1 unspecified atom stereocenters. The Morgan fingerprint density at radius 2 is 1.68 bits per heavy atom. The average Bonchev–Trinajstić information content (AvgIpc) is 2.40. The summed E-state index contributed by atoms with van der Waals surface area (Å²) in [5.41, 5.74) is 5.70. The van der Waals surface area contributed by atoms with Crippen molar-refractivity contribution in [3.05, 3.63) is 0 Å². The lowest BCUT2D eigenvalue weighted by Gasteiger charge is -2.37. The number of hydrogen-bond acceptors (Lipinski definition) is 3. The van der Waals surface area contributed by atoms with Crippen molar-refractivity contribution < 1.29 is 0 Å². The van der Waals surface area contributed by atoms with Crippen LogP contribution in [0.3, 0.4) is 0 Å². The van der Waals surface area contributed by atoms with E-state index >= 15 is 0 Å². The van der Waals surface area contributed by atoms with Crippen LogP contribution in [0.2, 0.25) is 0 Å². The van der Waals surface area contributed by atoms with Crippen LogP contribution in [0.15, 0.2) is 0 Å². The van der Waals surface area contributed by atoms with Gasteiger partial charge in [0.2, 0.25) is 0 Å².